The van der Waals surface area contributed by atoms with Gasteiger partial charge in [0.25, 0.3) is 0 Å². The molecule has 0 aliphatic heterocycles. The fourth-order valence-corrected chi connectivity index (χ4v) is 1.47. The van der Waals surface area contributed by atoms with Gasteiger partial charge in [0.05, 0.1) is 12.0 Å². The van der Waals surface area contributed by atoms with E-state index in [0.717, 1.165) is 19.3 Å². The highest BCUT2D eigenvalue weighted by molar-refractivity contribution is 5.76. The Morgan fingerprint density at radius 3 is 1.69 bits per heavy atom. The summed E-state index contributed by atoms with van der Waals surface area (Å²) in [5.74, 6) is -0.0301. The van der Waals surface area contributed by atoms with E-state index in [1.165, 1.54) is 0 Å². The molecule has 0 bridgehead atoms. The van der Waals surface area contributed by atoms with Crippen molar-refractivity contribution in [2.45, 2.75) is 47.0 Å². The molecule has 13 heavy (non-hydrogen) atoms. The van der Waals surface area contributed by atoms with E-state index in [0.29, 0.717) is 6.61 Å². The zero-order chi connectivity index (χ0) is 9.61. The van der Waals surface area contributed by atoms with E-state index >= 15 is 0 Å². The van der Waals surface area contributed by atoms with Crippen LogP contribution in [0.3, 0.4) is 0 Å². The van der Waals surface area contributed by atoms with Crippen LogP contribution in [-0.4, -0.2) is 23.5 Å². The lowest BCUT2D eigenvalue weighted by molar-refractivity contribution is -0.156. The van der Waals surface area contributed by atoms with Crippen LogP contribution in [0.4, 0.5) is 0 Å². The van der Waals surface area contributed by atoms with Crippen molar-refractivity contribution in [1.82, 2.24) is 0 Å². The Hall–Kier alpha value is -0.313. The van der Waals surface area contributed by atoms with E-state index in [9.17, 15) is 4.79 Å². The number of hydrogen-bond donors (Lipinski definition) is 0. The van der Waals surface area contributed by atoms with Crippen LogP contribution in [0.25, 0.3) is 0 Å². The number of hydrogen-bond acceptors (Lipinski definition) is 2. The van der Waals surface area contributed by atoms with Gasteiger partial charge in [-0.3, -0.25) is 4.79 Å². The average molecular weight is 200 g/mol. The van der Waals surface area contributed by atoms with Gasteiger partial charge in [-0.05, 0) is 26.2 Å². The van der Waals surface area contributed by atoms with Crippen molar-refractivity contribution in [3.63, 3.8) is 0 Å². The van der Waals surface area contributed by atoms with Gasteiger partial charge < -0.3 is 4.74 Å². The monoisotopic (exact) mass is 200 g/mol. The van der Waals surface area contributed by atoms with Crippen LogP contribution in [0.5, 0.6) is 0 Å². The maximum Gasteiger partial charge on any atom is 0.312 e. The van der Waals surface area contributed by atoms with Crippen molar-refractivity contribution in [3.8, 4) is 0 Å². The first-order valence-corrected chi connectivity index (χ1v) is 4.84. The second-order valence-electron chi connectivity index (χ2n) is 3.06. The first-order valence-electron chi connectivity index (χ1n) is 4.84. The van der Waals surface area contributed by atoms with E-state index in [-0.39, 0.29) is 22.3 Å². The fraction of sp³-hybridized carbons (Fsp3) is 0.900. The van der Waals surface area contributed by atoms with Crippen LogP contribution in [0, 0.1) is 5.41 Å². The molecule has 0 N–H and O–H groups in total. The summed E-state index contributed by atoms with van der Waals surface area (Å²) in [7, 11) is 0. The summed E-state index contributed by atoms with van der Waals surface area (Å²) >= 11 is 0. The summed E-state index contributed by atoms with van der Waals surface area (Å²) in [6, 6.07) is 0. The molecule has 0 unspecified atom stereocenters. The predicted molar refractivity (Wildman–Crippen MR) is 55.7 cm³/mol. The fourth-order valence-electron chi connectivity index (χ4n) is 1.47. The molecule has 0 spiro atoms. The molecule has 0 saturated heterocycles. The minimum absolute atomic E-state index is 0. The Kier molecular flexibility index (Phi) is 8.32. The van der Waals surface area contributed by atoms with Crippen molar-refractivity contribution in [2.24, 2.45) is 5.41 Å². The van der Waals surface area contributed by atoms with Crippen molar-refractivity contribution in [1.29, 1.82) is 0 Å². The predicted octanol–water partition coefficient (Wildman–Crippen LogP) is 2.39. The molecule has 0 aliphatic carbocycles. The quantitative estimate of drug-likeness (QED) is 0.503. The molecule has 0 fully saturated rings. The van der Waals surface area contributed by atoms with Crippen LogP contribution in [0.15, 0.2) is 0 Å². The molecule has 76 valence electrons. The molecule has 0 aromatic carbocycles. The maximum absolute atomic E-state index is 11.5. The van der Waals surface area contributed by atoms with Crippen LogP contribution in [-0.2, 0) is 9.53 Å². The van der Waals surface area contributed by atoms with Gasteiger partial charge >= 0.3 is 5.97 Å². The number of rotatable bonds is 5. The lowest BCUT2D eigenvalue weighted by atomic mass is 9.80. The third kappa shape index (κ3) is 3.51. The topological polar surface area (TPSA) is 26.3 Å². The first-order chi connectivity index (χ1) is 5.66. The molecular formula is C10H20O2Si. The number of ether oxygens (including phenoxy) is 1. The van der Waals surface area contributed by atoms with E-state index in [4.69, 9.17) is 4.74 Å². The normalized spacial score (nSPS) is 10.5. The third-order valence-corrected chi connectivity index (χ3v) is 2.74. The van der Waals surface area contributed by atoms with Crippen LogP contribution in [0.2, 0.25) is 0 Å². The number of carbonyl (C=O) groups excluding carboxylic acids is 1. The Morgan fingerprint density at radius 2 is 1.46 bits per heavy atom. The molecule has 3 heteroatoms. The standard InChI is InChI=1S/C10H20O2.Si/c1-5-10(6-2,7-3)9(11)12-8-4;/h5-8H2,1-4H3;. The minimum atomic E-state index is -0.226. The van der Waals surface area contributed by atoms with E-state index in [1.54, 1.807) is 0 Å². The first kappa shape index (κ1) is 15.2. The summed E-state index contributed by atoms with van der Waals surface area (Å²) in [6.45, 7) is 8.47. The third-order valence-electron chi connectivity index (χ3n) is 2.74. The average Bonchev–Trinajstić information content (AvgIpc) is 2.09. The van der Waals surface area contributed by atoms with Gasteiger partial charge in [-0.1, -0.05) is 20.8 Å². The second kappa shape index (κ2) is 7.13. The van der Waals surface area contributed by atoms with Crippen molar-refractivity contribution in [3.05, 3.63) is 0 Å². The van der Waals surface area contributed by atoms with E-state index < -0.39 is 0 Å². The van der Waals surface area contributed by atoms with Crippen molar-refractivity contribution < 1.29 is 9.53 Å². The van der Waals surface area contributed by atoms with Gasteiger partial charge in [-0.25, -0.2) is 0 Å². The summed E-state index contributed by atoms with van der Waals surface area (Å²) in [4.78, 5) is 11.5. The molecule has 0 aliphatic rings. The second-order valence-corrected chi connectivity index (χ2v) is 3.06. The minimum Gasteiger partial charge on any atom is -0.466 e. The Morgan fingerprint density at radius 1 is 1.08 bits per heavy atom. The summed E-state index contributed by atoms with van der Waals surface area (Å²) in [6.07, 6.45) is 2.62. The number of carbonyl (C=O) groups is 1. The van der Waals surface area contributed by atoms with Gasteiger partial charge in [-0.15, -0.1) is 0 Å². The lowest BCUT2D eigenvalue weighted by Crippen LogP contribution is -2.31. The summed E-state index contributed by atoms with van der Waals surface area (Å²) in [5.41, 5.74) is -0.226. The van der Waals surface area contributed by atoms with Gasteiger partial charge in [0, 0.05) is 11.0 Å². The highest BCUT2D eigenvalue weighted by Crippen LogP contribution is 2.31. The van der Waals surface area contributed by atoms with Crippen LogP contribution < -0.4 is 0 Å². The molecular weight excluding hydrogens is 180 g/mol. The number of esters is 1. The molecule has 0 atom stereocenters. The maximum atomic E-state index is 11.5. The smallest absolute Gasteiger partial charge is 0.312 e. The molecule has 0 rings (SSSR count). The van der Waals surface area contributed by atoms with Gasteiger partial charge in [0.15, 0.2) is 0 Å². The van der Waals surface area contributed by atoms with Gasteiger partial charge in [0.1, 0.15) is 0 Å². The SMILES string of the molecule is CCOC(=O)C(CC)(CC)CC.[Si]. The zero-order valence-corrected chi connectivity index (χ0v) is 10.1. The Bertz CT molecular complexity index is 134. The van der Waals surface area contributed by atoms with Crippen LogP contribution in [0.1, 0.15) is 47.0 Å². The summed E-state index contributed by atoms with van der Waals surface area (Å²) < 4.78 is 5.04. The molecule has 0 saturated carbocycles. The molecule has 0 aromatic heterocycles. The Balaban J connectivity index is 0. The molecule has 0 amide bonds. The largest absolute Gasteiger partial charge is 0.466 e. The molecule has 2 nitrogen and oxygen atoms in total. The lowest BCUT2D eigenvalue weighted by Gasteiger charge is -2.27. The molecule has 0 heterocycles. The van der Waals surface area contributed by atoms with Crippen molar-refractivity contribution in [2.75, 3.05) is 6.61 Å². The summed E-state index contributed by atoms with van der Waals surface area (Å²) in [5, 5.41) is 0. The Labute approximate surface area is 86.1 Å². The van der Waals surface area contributed by atoms with E-state index in [2.05, 4.69) is 0 Å². The highest BCUT2D eigenvalue weighted by Gasteiger charge is 2.33. The van der Waals surface area contributed by atoms with Crippen molar-refractivity contribution >= 4 is 16.9 Å². The molecule has 0 aromatic rings. The molecule has 4 radical (unpaired) electrons. The van der Waals surface area contributed by atoms with Gasteiger partial charge in [0.2, 0.25) is 0 Å². The van der Waals surface area contributed by atoms with Crippen LogP contribution >= 0.6 is 0 Å². The highest BCUT2D eigenvalue weighted by atomic mass is 28.1. The van der Waals surface area contributed by atoms with E-state index in [1.807, 2.05) is 27.7 Å². The zero-order valence-electron chi connectivity index (χ0n) is 9.14. The van der Waals surface area contributed by atoms with Gasteiger partial charge in [-0.2, -0.15) is 0 Å².